The molecule has 6 nitrogen and oxygen atoms in total. The topological polar surface area (TPSA) is 72.7 Å². The first-order valence-electron chi connectivity index (χ1n) is 7.11. The van der Waals surface area contributed by atoms with Gasteiger partial charge in [-0.05, 0) is 37.1 Å². The number of nitro benzene ring substituents is 1. The molecule has 0 aromatic heterocycles. The van der Waals surface area contributed by atoms with Crippen molar-refractivity contribution in [1.82, 2.24) is 0 Å². The maximum Gasteiger partial charge on any atom is 0.310 e. The van der Waals surface area contributed by atoms with E-state index in [9.17, 15) is 14.9 Å². The third-order valence-electron chi connectivity index (χ3n) is 3.72. The SMILES string of the molecule is Cc1cccc(N(C)C(=O)COc2ccccc2[N+](=O)[O-])c1C. The van der Waals surface area contributed by atoms with Crippen LogP contribution < -0.4 is 9.64 Å². The number of carbonyl (C=O) groups excluding carboxylic acids is 1. The van der Waals surface area contributed by atoms with Gasteiger partial charge in [0, 0.05) is 18.8 Å². The summed E-state index contributed by atoms with van der Waals surface area (Å²) < 4.78 is 5.34. The predicted octanol–water partition coefficient (Wildman–Crippen LogP) is 3.25. The molecule has 0 saturated carbocycles. The summed E-state index contributed by atoms with van der Waals surface area (Å²) in [6.45, 7) is 3.65. The van der Waals surface area contributed by atoms with Crippen molar-refractivity contribution in [1.29, 1.82) is 0 Å². The van der Waals surface area contributed by atoms with Crippen molar-refractivity contribution in [3.8, 4) is 5.75 Å². The molecule has 2 aromatic rings. The average molecular weight is 314 g/mol. The van der Waals surface area contributed by atoms with Gasteiger partial charge >= 0.3 is 5.69 Å². The minimum atomic E-state index is -0.534. The van der Waals surface area contributed by atoms with E-state index < -0.39 is 4.92 Å². The Morgan fingerprint density at radius 3 is 2.57 bits per heavy atom. The number of likely N-dealkylation sites (N-methyl/N-ethyl adjacent to an activating group) is 1. The first kappa shape index (κ1) is 16.5. The number of hydrogen-bond donors (Lipinski definition) is 0. The largest absolute Gasteiger partial charge is 0.477 e. The number of nitro groups is 1. The monoisotopic (exact) mass is 314 g/mol. The summed E-state index contributed by atoms with van der Waals surface area (Å²) in [6, 6.07) is 11.7. The lowest BCUT2D eigenvalue weighted by Crippen LogP contribution is -2.32. The van der Waals surface area contributed by atoms with Crippen LogP contribution in [0.2, 0.25) is 0 Å². The van der Waals surface area contributed by atoms with Gasteiger partial charge in [-0.15, -0.1) is 0 Å². The third kappa shape index (κ3) is 3.66. The van der Waals surface area contributed by atoms with Crippen molar-refractivity contribution in [3.63, 3.8) is 0 Å². The summed E-state index contributed by atoms with van der Waals surface area (Å²) in [5, 5.41) is 10.9. The smallest absolute Gasteiger partial charge is 0.310 e. The number of anilines is 1. The fraction of sp³-hybridized carbons (Fsp3) is 0.235. The highest BCUT2D eigenvalue weighted by atomic mass is 16.6. The van der Waals surface area contributed by atoms with Gasteiger partial charge < -0.3 is 9.64 Å². The molecule has 0 fully saturated rings. The maximum atomic E-state index is 12.3. The van der Waals surface area contributed by atoms with Crippen LogP contribution in [-0.2, 0) is 4.79 Å². The number of nitrogens with zero attached hydrogens (tertiary/aromatic N) is 2. The number of amides is 1. The zero-order chi connectivity index (χ0) is 17.0. The van der Waals surface area contributed by atoms with Crippen molar-refractivity contribution < 1.29 is 14.5 Å². The second-order valence-corrected chi connectivity index (χ2v) is 5.19. The van der Waals surface area contributed by atoms with E-state index in [0.717, 1.165) is 16.8 Å². The van der Waals surface area contributed by atoms with E-state index in [1.807, 2.05) is 32.0 Å². The number of hydrogen-bond acceptors (Lipinski definition) is 4. The Morgan fingerprint density at radius 2 is 1.87 bits per heavy atom. The van der Waals surface area contributed by atoms with Crippen LogP contribution in [0.3, 0.4) is 0 Å². The standard InChI is InChI=1S/C17H18N2O4/c1-12-7-6-9-14(13(12)2)18(3)17(20)11-23-16-10-5-4-8-15(16)19(21)22/h4-10H,11H2,1-3H3. The van der Waals surface area contributed by atoms with Gasteiger partial charge in [0.1, 0.15) is 0 Å². The van der Waals surface area contributed by atoms with Gasteiger partial charge in [-0.3, -0.25) is 14.9 Å². The molecular weight excluding hydrogens is 296 g/mol. The van der Waals surface area contributed by atoms with Crippen LogP contribution >= 0.6 is 0 Å². The van der Waals surface area contributed by atoms with Crippen molar-refractivity contribution in [2.75, 3.05) is 18.6 Å². The number of aryl methyl sites for hydroxylation is 1. The van der Waals surface area contributed by atoms with Gasteiger partial charge in [0.15, 0.2) is 12.4 Å². The van der Waals surface area contributed by atoms with E-state index in [2.05, 4.69) is 0 Å². The van der Waals surface area contributed by atoms with Gasteiger partial charge in [0.25, 0.3) is 5.91 Å². The Hall–Kier alpha value is -2.89. The van der Waals surface area contributed by atoms with Crippen LogP contribution in [0.4, 0.5) is 11.4 Å². The van der Waals surface area contributed by atoms with Gasteiger partial charge in [-0.2, -0.15) is 0 Å². The van der Waals surface area contributed by atoms with Crippen LogP contribution in [0.25, 0.3) is 0 Å². The van der Waals surface area contributed by atoms with Crippen molar-refractivity contribution >= 4 is 17.3 Å². The molecule has 0 aliphatic rings. The quantitative estimate of drug-likeness (QED) is 0.627. The van der Waals surface area contributed by atoms with Crippen LogP contribution in [0.15, 0.2) is 42.5 Å². The molecule has 0 bridgehead atoms. The molecular formula is C17H18N2O4. The molecule has 23 heavy (non-hydrogen) atoms. The number of rotatable bonds is 5. The number of carbonyl (C=O) groups is 1. The van der Waals surface area contributed by atoms with Gasteiger partial charge in [-0.25, -0.2) is 0 Å². The zero-order valence-corrected chi connectivity index (χ0v) is 13.3. The molecule has 0 heterocycles. The van der Waals surface area contributed by atoms with E-state index in [-0.39, 0.29) is 24.0 Å². The van der Waals surface area contributed by atoms with E-state index in [1.165, 1.54) is 17.0 Å². The highest BCUT2D eigenvalue weighted by Crippen LogP contribution is 2.26. The van der Waals surface area contributed by atoms with Crippen molar-refractivity contribution in [2.45, 2.75) is 13.8 Å². The number of para-hydroxylation sites is 2. The van der Waals surface area contributed by atoms with E-state index in [1.54, 1.807) is 19.2 Å². The van der Waals surface area contributed by atoms with Crippen molar-refractivity contribution in [2.24, 2.45) is 0 Å². The summed E-state index contributed by atoms with van der Waals surface area (Å²) in [5.74, 6) is -0.197. The van der Waals surface area contributed by atoms with Crippen LogP contribution in [0.1, 0.15) is 11.1 Å². The fourth-order valence-corrected chi connectivity index (χ4v) is 2.20. The molecule has 0 aliphatic carbocycles. The zero-order valence-electron chi connectivity index (χ0n) is 13.3. The van der Waals surface area contributed by atoms with E-state index in [0.29, 0.717) is 0 Å². The highest BCUT2D eigenvalue weighted by molar-refractivity contribution is 5.94. The minimum absolute atomic E-state index is 0.0835. The lowest BCUT2D eigenvalue weighted by Gasteiger charge is -2.20. The highest BCUT2D eigenvalue weighted by Gasteiger charge is 2.18. The van der Waals surface area contributed by atoms with Gasteiger partial charge in [0.2, 0.25) is 0 Å². The Bertz CT molecular complexity index is 743. The Morgan fingerprint density at radius 1 is 1.17 bits per heavy atom. The average Bonchev–Trinajstić information content (AvgIpc) is 2.54. The number of ether oxygens (including phenoxy) is 1. The molecule has 0 spiro atoms. The molecule has 0 N–H and O–H groups in total. The molecule has 0 aliphatic heterocycles. The molecule has 0 atom stereocenters. The molecule has 2 aromatic carbocycles. The van der Waals surface area contributed by atoms with Crippen LogP contribution in [-0.4, -0.2) is 24.5 Å². The van der Waals surface area contributed by atoms with Crippen molar-refractivity contribution in [3.05, 3.63) is 63.7 Å². The second-order valence-electron chi connectivity index (χ2n) is 5.19. The summed E-state index contributed by atoms with van der Waals surface area (Å²) in [4.78, 5) is 24.2. The summed E-state index contributed by atoms with van der Waals surface area (Å²) in [5.41, 5.74) is 2.73. The van der Waals surface area contributed by atoms with Gasteiger partial charge in [-0.1, -0.05) is 24.3 Å². The van der Waals surface area contributed by atoms with E-state index in [4.69, 9.17) is 4.74 Å². The lowest BCUT2D eigenvalue weighted by atomic mass is 10.1. The van der Waals surface area contributed by atoms with Gasteiger partial charge in [0.05, 0.1) is 4.92 Å². The molecule has 6 heteroatoms. The molecule has 120 valence electrons. The number of benzene rings is 2. The maximum absolute atomic E-state index is 12.3. The molecule has 0 saturated heterocycles. The minimum Gasteiger partial charge on any atom is -0.477 e. The summed E-state index contributed by atoms with van der Waals surface area (Å²) in [6.07, 6.45) is 0. The Balaban J connectivity index is 2.11. The molecule has 2 rings (SSSR count). The predicted molar refractivity (Wildman–Crippen MR) is 87.9 cm³/mol. The Labute approximate surface area is 134 Å². The second kappa shape index (κ2) is 6.91. The lowest BCUT2D eigenvalue weighted by molar-refractivity contribution is -0.385. The van der Waals surface area contributed by atoms with E-state index >= 15 is 0 Å². The molecule has 0 radical (unpaired) electrons. The van der Waals surface area contributed by atoms with Crippen LogP contribution in [0.5, 0.6) is 5.75 Å². The Kier molecular flexibility index (Phi) is 4.95. The normalized spacial score (nSPS) is 10.2. The molecule has 0 unspecified atom stereocenters. The van der Waals surface area contributed by atoms with Crippen LogP contribution in [0, 0.1) is 24.0 Å². The summed E-state index contributed by atoms with van der Waals surface area (Å²) in [7, 11) is 1.66. The molecule has 1 amide bonds. The first-order valence-corrected chi connectivity index (χ1v) is 7.11. The fourth-order valence-electron chi connectivity index (χ4n) is 2.20. The first-order chi connectivity index (χ1) is 10.9. The summed E-state index contributed by atoms with van der Waals surface area (Å²) >= 11 is 0. The third-order valence-corrected chi connectivity index (χ3v) is 3.72.